The van der Waals surface area contributed by atoms with Gasteiger partial charge in [-0.25, -0.2) is 0 Å². The van der Waals surface area contributed by atoms with Crippen molar-refractivity contribution in [2.45, 2.75) is 44.6 Å². The second-order valence-electron chi connectivity index (χ2n) is 7.98. The largest absolute Gasteiger partial charge is 0.355 e. The Labute approximate surface area is 183 Å². The van der Waals surface area contributed by atoms with E-state index in [1.807, 2.05) is 4.90 Å². The van der Waals surface area contributed by atoms with Gasteiger partial charge < -0.3 is 20.9 Å². The summed E-state index contributed by atoms with van der Waals surface area (Å²) in [7, 11) is 1.72. The third-order valence-corrected chi connectivity index (χ3v) is 6.17. The second-order valence-corrected chi connectivity index (χ2v) is 8.39. The number of halogens is 1. The quantitative estimate of drug-likeness (QED) is 0.365. The lowest BCUT2D eigenvalue weighted by Crippen LogP contribution is -2.47. The number of carbonyl (C=O) groups is 2. The van der Waals surface area contributed by atoms with Crippen LogP contribution in [0.25, 0.3) is 0 Å². The lowest BCUT2D eigenvalue weighted by atomic mass is 9.88. The Morgan fingerprint density at radius 2 is 1.83 bits per heavy atom. The normalized spacial score (nSPS) is 20.1. The van der Waals surface area contributed by atoms with Gasteiger partial charge in [-0.15, -0.1) is 0 Å². The van der Waals surface area contributed by atoms with Crippen LogP contribution in [0, 0.1) is 5.92 Å². The average Bonchev–Trinajstić information content (AvgIpc) is 3.24. The van der Waals surface area contributed by atoms with Crippen LogP contribution in [0.3, 0.4) is 0 Å². The minimum Gasteiger partial charge on any atom is -0.355 e. The topological polar surface area (TPSA) is 85.8 Å². The summed E-state index contributed by atoms with van der Waals surface area (Å²) in [5.74, 6) is 1.03. The van der Waals surface area contributed by atoms with E-state index >= 15 is 0 Å². The minimum absolute atomic E-state index is 0.196. The fraction of sp³-hybridized carbons (Fsp3) is 0.591. The van der Waals surface area contributed by atoms with Crippen molar-refractivity contribution >= 4 is 29.4 Å². The van der Waals surface area contributed by atoms with E-state index in [0.717, 1.165) is 32.4 Å². The molecule has 30 heavy (non-hydrogen) atoms. The molecule has 1 unspecified atom stereocenters. The maximum Gasteiger partial charge on any atom is 0.252 e. The van der Waals surface area contributed by atoms with Crippen molar-refractivity contribution in [1.29, 1.82) is 0 Å². The zero-order valence-corrected chi connectivity index (χ0v) is 18.4. The standard InChI is InChI=1S/C22H32ClN5O2/c1-24-22(26-13-12-25-20(29)18-9-5-6-10-19(18)23)27-17-11-14-28(15-17)21(30)16-7-3-2-4-8-16/h5-6,9-10,16-17H,2-4,7-8,11-15H2,1H3,(H,25,29)(H2,24,26,27). The van der Waals surface area contributed by atoms with E-state index in [0.29, 0.717) is 35.5 Å². The van der Waals surface area contributed by atoms with Gasteiger partial charge in [0.2, 0.25) is 5.91 Å². The van der Waals surface area contributed by atoms with E-state index in [1.54, 1.807) is 31.3 Å². The van der Waals surface area contributed by atoms with Crippen LogP contribution < -0.4 is 16.0 Å². The average molecular weight is 434 g/mol. The molecule has 2 aliphatic rings. The number of rotatable bonds is 6. The van der Waals surface area contributed by atoms with Crippen LogP contribution in [0.1, 0.15) is 48.9 Å². The van der Waals surface area contributed by atoms with E-state index in [2.05, 4.69) is 20.9 Å². The molecule has 0 spiro atoms. The molecule has 164 valence electrons. The van der Waals surface area contributed by atoms with E-state index in [4.69, 9.17) is 11.6 Å². The Morgan fingerprint density at radius 3 is 2.57 bits per heavy atom. The van der Waals surface area contributed by atoms with Gasteiger partial charge in [-0.2, -0.15) is 0 Å². The first-order valence-corrected chi connectivity index (χ1v) is 11.2. The zero-order chi connectivity index (χ0) is 21.3. The number of nitrogens with zero attached hydrogens (tertiary/aromatic N) is 2. The molecule has 3 N–H and O–H groups in total. The van der Waals surface area contributed by atoms with Crippen molar-refractivity contribution in [3.8, 4) is 0 Å². The highest BCUT2D eigenvalue weighted by Gasteiger charge is 2.31. The van der Waals surface area contributed by atoms with Crippen LogP contribution in [-0.4, -0.2) is 61.9 Å². The maximum atomic E-state index is 12.7. The van der Waals surface area contributed by atoms with Crippen LogP contribution in [0.2, 0.25) is 5.02 Å². The fourth-order valence-corrected chi connectivity index (χ4v) is 4.39. The summed E-state index contributed by atoms with van der Waals surface area (Å²) in [6, 6.07) is 7.18. The summed E-state index contributed by atoms with van der Waals surface area (Å²) in [5.41, 5.74) is 0.468. The molecule has 1 aliphatic heterocycles. The van der Waals surface area contributed by atoms with Crippen molar-refractivity contribution in [2.24, 2.45) is 10.9 Å². The van der Waals surface area contributed by atoms with E-state index in [1.165, 1.54) is 19.3 Å². The molecule has 1 saturated heterocycles. The van der Waals surface area contributed by atoms with Crippen molar-refractivity contribution in [3.05, 3.63) is 34.9 Å². The number of hydrogen-bond acceptors (Lipinski definition) is 3. The molecule has 0 aromatic heterocycles. The molecule has 1 saturated carbocycles. The predicted octanol–water partition coefficient (Wildman–Crippen LogP) is 2.42. The van der Waals surface area contributed by atoms with Gasteiger partial charge in [0.05, 0.1) is 10.6 Å². The molecule has 1 aliphatic carbocycles. The highest BCUT2D eigenvalue weighted by Crippen LogP contribution is 2.26. The predicted molar refractivity (Wildman–Crippen MR) is 120 cm³/mol. The van der Waals surface area contributed by atoms with Crippen molar-refractivity contribution in [1.82, 2.24) is 20.9 Å². The second kappa shape index (κ2) is 11.2. The van der Waals surface area contributed by atoms with Gasteiger partial charge in [-0.3, -0.25) is 14.6 Å². The maximum absolute atomic E-state index is 12.7. The van der Waals surface area contributed by atoms with Crippen molar-refractivity contribution < 1.29 is 9.59 Å². The Balaban J connectivity index is 1.37. The van der Waals surface area contributed by atoms with Crippen molar-refractivity contribution in [2.75, 3.05) is 33.2 Å². The number of benzene rings is 1. The van der Waals surface area contributed by atoms with Gasteiger partial charge >= 0.3 is 0 Å². The zero-order valence-electron chi connectivity index (χ0n) is 17.6. The van der Waals surface area contributed by atoms with Crippen LogP contribution in [0.5, 0.6) is 0 Å². The molecule has 0 bridgehead atoms. The van der Waals surface area contributed by atoms with E-state index in [9.17, 15) is 9.59 Å². The highest BCUT2D eigenvalue weighted by atomic mass is 35.5. The molecule has 7 nitrogen and oxygen atoms in total. The number of aliphatic imine (C=N–C) groups is 1. The van der Waals surface area contributed by atoms with Gasteiger partial charge in [0.25, 0.3) is 5.91 Å². The molecule has 1 heterocycles. The third kappa shape index (κ3) is 6.11. The molecule has 3 rings (SSSR count). The summed E-state index contributed by atoms with van der Waals surface area (Å²) in [6.07, 6.45) is 6.61. The number of nitrogens with one attached hydrogen (secondary N) is 3. The monoisotopic (exact) mass is 433 g/mol. The summed E-state index contributed by atoms with van der Waals surface area (Å²) >= 11 is 6.05. The first-order chi connectivity index (χ1) is 14.6. The van der Waals surface area contributed by atoms with Crippen LogP contribution in [-0.2, 0) is 4.79 Å². The molecule has 1 aromatic carbocycles. The number of hydrogen-bond donors (Lipinski definition) is 3. The molecule has 8 heteroatoms. The Bertz CT molecular complexity index is 764. The molecule has 2 fully saturated rings. The molecule has 1 aromatic rings. The number of carbonyl (C=O) groups excluding carboxylic acids is 2. The first-order valence-electron chi connectivity index (χ1n) is 10.9. The number of amides is 2. The minimum atomic E-state index is -0.196. The summed E-state index contributed by atoms with van der Waals surface area (Å²) in [4.78, 5) is 31.2. The first kappa shape index (κ1) is 22.4. The van der Waals surface area contributed by atoms with Gasteiger partial charge in [-0.05, 0) is 31.4 Å². The van der Waals surface area contributed by atoms with E-state index < -0.39 is 0 Å². The fourth-order valence-electron chi connectivity index (χ4n) is 4.17. The number of likely N-dealkylation sites (tertiary alicyclic amines) is 1. The smallest absolute Gasteiger partial charge is 0.252 e. The molecular formula is C22H32ClN5O2. The Morgan fingerprint density at radius 1 is 1.10 bits per heavy atom. The highest BCUT2D eigenvalue weighted by molar-refractivity contribution is 6.33. The Kier molecular flexibility index (Phi) is 8.37. The van der Waals surface area contributed by atoms with Gasteiger partial charge in [0, 0.05) is 45.2 Å². The van der Waals surface area contributed by atoms with Crippen LogP contribution in [0.4, 0.5) is 0 Å². The summed E-state index contributed by atoms with van der Waals surface area (Å²) < 4.78 is 0. The lowest BCUT2D eigenvalue weighted by molar-refractivity contribution is -0.135. The molecule has 2 amide bonds. The summed E-state index contributed by atoms with van der Waals surface area (Å²) in [5, 5.41) is 9.89. The SMILES string of the molecule is CN=C(NCCNC(=O)c1ccccc1Cl)NC1CCN(C(=O)C2CCCCC2)C1. The molecule has 1 atom stereocenters. The van der Waals surface area contributed by atoms with Gasteiger partial charge in [0.1, 0.15) is 0 Å². The Hall–Kier alpha value is -2.28. The van der Waals surface area contributed by atoms with E-state index in [-0.39, 0.29) is 17.9 Å². The number of guanidine groups is 1. The van der Waals surface area contributed by atoms with Crippen LogP contribution in [0.15, 0.2) is 29.3 Å². The molecular weight excluding hydrogens is 402 g/mol. The van der Waals surface area contributed by atoms with Gasteiger partial charge in [0.15, 0.2) is 5.96 Å². The lowest BCUT2D eigenvalue weighted by Gasteiger charge is -2.26. The van der Waals surface area contributed by atoms with Crippen molar-refractivity contribution in [3.63, 3.8) is 0 Å². The molecule has 0 radical (unpaired) electrons. The van der Waals surface area contributed by atoms with Gasteiger partial charge in [-0.1, -0.05) is 43.0 Å². The van der Waals surface area contributed by atoms with Crippen LogP contribution >= 0.6 is 11.6 Å². The third-order valence-electron chi connectivity index (χ3n) is 5.84. The summed E-state index contributed by atoms with van der Waals surface area (Å²) in [6.45, 7) is 2.51.